The highest BCUT2D eigenvalue weighted by Crippen LogP contribution is 2.29. The lowest BCUT2D eigenvalue weighted by Crippen LogP contribution is -2.94. The van der Waals surface area contributed by atoms with E-state index in [0.29, 0.717) is 5.41 Å². The summed E-state index contributed by atoms with van der Waals surface area (Å²) in [5.41, 5.74) is 2.65. The average Bonchev–Trinajstić information content (AvgIpc) is 2.86. The molecule has 0 aliphatic heterocycles. The Hall–Kier alpha value is -1.25. The molecule has 126 valence electrons. The predicted octanol–water partition coefficient (Wildman–Crippen LogP) is 5.19. The van der Waals surface area contributed by atoms with E-state index < -0.39 is 0 Å². The van der Waals surface area contributed by atoms with Gasteiger partial charge in [0.2, 0.25) is 0 Å². The van der Waals surface area contributed by atoms with Crippen LogP contribution in [0.25, 0.3) is 11.3 Å². The molecule has 2 nitrogen and oxygen atoms in total. The maximum Gasteiger partial charge on any atom is 0.158 e. The molecule has 0 unspecified atom stereocenters. The molecule has 0 saturated carbocycles. The highest BCUT2D eigenvalue weighted by atomic mass is 35.5. The summed E-state index contributed by atoms with van der Waals surface area (Å²) in [7, 11) is 0. The molecule has 1 aromatic carbocycles. The topological polar surface area (TPSA) is 29.8 Å². The Morgan fingerprint density at radius 1 is 1.04 bits per heavy atom. The Labute approximate surface area is 145 Å². The number of hydrogen-bond acceptors (Lipinski definition) is 1. The molecule has 0 aliphatic rings. The zero-order valence-electron chi connectivity index (χ0n) is 15.2. The lowest BCUT2D eigenvalue weighted by atomic mass is 9.82. The Morgan fingerprint density at radius 2 is 1.74 bits per heavy atom. The first kappa shape index (κ1) is 18.1. The number of rotatable bonds is 5. The van der Waals surface area contributed by atoms with Gasteiger partial charge in [-0.1, -0.05) is 44.5 Å². The van der Waals surface area contributed by atoms with E-state index in [4.69, 9.17) is 16.0 Å². The molecule has 2 rings (SSSR count). The van der Waals surface area contributed by atoms with E-state index >= 15 is 0 Å². The number of nitrogens with two attached hydrogens (primary N) is 1. The molecule has 0 atom stereocenters. The summed E-state index contributed by atoms with van der Waals surface area (Å²) in [5, 5.41) is 3.14. The van der Waals surface area contributed by atoms with Gasteiger partial charge in [-0.2, -0.15) is 0 Å². The number of hydrogen-bond donors (Lipinski definition) is 1. The summed E-state index contributed by atoms with van der Waals surface area (Å²) >= 11 is 6.21. The van der Waals surface area contributed by atoms with Crippen LogP contribution in [-0.4, -0.2) is 5.54 Å². The Kier molecular flexibility index (Phi) is 5.27. The van der Waals surface area contributed by atoms with Crippen LogP contribution in [-0.2, 0) is 6.54 Å². The SMILES string of the molecule is Cc1c(Cl)cccc1-c1ccc(C[NH2+]C(C)(C)CC(C)(C)C)o1. The van der Waals surface area contributed by atoms with E-state index in [1.807, 2.05) is 25.1 Å². The summed E-state index contributed by atoms with van der Waals surface area (Å²) in [4.78, 5) is 0. The quantitative estimate of drug-likeness (QED) is 0.801. The minimum atomic E-state index is 0.192. The van der Waals surface area contributed by atoms with Crippen LogP contribution < -0.4 is 5.32 Å². The minimum absolute atomic E-state index is 0.192. The minimum Gasteiger partial charge on any atom is -0.455 e. The fourth-order valence-corrected chi connectivity index (χ4v) is 3.50. The Morgan fingerprint density at radius 3 is 2.39 bits per heavy atom. The van der Waals surface area contributed by atoms with Crippen molar-refractivity contribution in [2.24, 2.45) is 5.41 Å². The van der Waals surface area contributed by atoms with Crippen molar-refractivity contribution in [1.82, 2.24) is 0 Å². The van der Waals surface area contributed by atoms with Gasteiger partial charge in [-0.15, -0.1) is 0 Å². The normalized spacial score (nSPS) is 12.7. The van der Waals surface area contributed by atoms with Crippen molar-refractivity contribution in [2.45, 2.75) is 60.0 Å². The van der Waals surface area contributed by atoms with E-state index in [9.17, 15) is 0 Å². The van der Waals surface area contributed by atoms with Gasteiger partial charge in [0.15, 0.2) is 5.76 Å². The second-order valence-corrected chi connectivity index (χ2v) is 8.72. The zero-order chi connectivity index (χ0) is 17.3. The molecule has 3 heteroatoms. The van der Waals surface area contributed by atoms with Crippen LogP contribution in [0.1, 0.15) is 52.4 Å². The smallest absolute Gasteiger partial charge is 0.158 e. The van der Waals surface area contributed by atoms with Gasteiger partial charge in [0.05, 0.1) is 5.54 Å². The third-order valence-electron chi connectivity index (χ3n) is 4.04. The molecule has 0 radical (unpaired) electrons. The van der Waals surface area contributed by atoms with Crippen LogP contribution >= 0.6 is 11.6 Å². The molecule has 0 saturated heterocycles. The van der Waals surface area contributed by atoms with E-state index in [1.165, 1.54) is 0 Å². The summed E-state index contributed by atoms with van der Waals surface area (Å²) in [6.07, 6.45) is 1.15. The summed E-state index contributed by atoms with van der Waals surface area (Å²) in [5.74, 6) is 1.89. The fraction of sp³-hybridized carbons (Fsp3) is 0.500. The third kappa shape index (κ3) is 5.12. The molecule has 2 aromatic rings. The van der Waals surface area contributed by atoms with Crippen molar-refractivity contribution in [1.29, 1.82) is 0 Å². The van der Waals surface area contributed by atoms with Gasteiger partial charge in [0, 0.05) is 17.0 Å². The third-order valence-corrected chi connectivity index (χ3v) is 4.45. The number of halogens is 1. The molecule has 0 amide bonds. The van der Waals surface area contributed by atoms with Gasteiger partial charge in [0.1, 0.15) is 12.3 Å². The molecule has 23 heavy (non-hydrogen) atoms. The van der Waals surface area contributed by atoms with Crippen LogP contribution in [0.4, 0.5) is 0 Å². The number of quaternary nitrogens is 1. The van der Waals surface area contributed by atoms with Gasteiger partial charge in [-0.25, -0.2) is 0 Å². The van der Waals surface area contributed by atoms with E-state index in [2.05, 4.69) is 52.1 Å². The first-order valence-electron chi connectivity index (χ1n) is 8.26. The van der Waals surface area contributed by atoms with Gasteiger partial charge in [0.25, 0.3) is 0 Å². The van der Waals surface area contributed by atoms with Crippen LogP contribution in [0.5, 0.6) is 0 Å². The first-order chi connectivity index (χ1) is 10.6. The van der Waals surface area contributed by atoms with Crippen LogP contribution in [0.2, 0.25) is 5.02 Å². The van der Waals surface area contributed by atoms with E-state index in [-0.39, 0.29) is 5.54 Å². The average molecular weight is 335 g/mol. The number of benzene rings is 1. The van der Waals surface area contributed by atoms with Crippen LogP contribution in [0.15, 0.2) is 34.7 Å². The molecule has 2 N–H and O–H groups in total. The molecule has 0 fully saturated rings. The first-order valence-corrected chi connectivity index (χ1v) is 8.64. The maximum atomic E-state index is 6.21. The lowest BCUT2D eigenvalue weighted by Gasteiger charge is -2.30. The lowest BCUT2D eigenvalue weighted by molar-refractivity contribution is -0.738. The molecule has 0 aliphatic carbocycles. The van der Waals surface area contributed by atoms with Crippen molar-refractivity contribution in [2.75, 3.05) is 0 Å². The van der Waals surface area contributed by atoms with E-state index in [1.54, 1.807) is 0 Å². The van der Waals surface area contributed by atoms with Crippen LogP contribution in [0, 0.1) is 12.3 Å². The molecule has 0 spiro atoms. The zero-order valence-corrected chi connectivity index (χ0v) is 15.9. The maximum absolute atomic E-state index is 6.21. The molecular weight excluding hydrogens is 306 g/mol. The standard InChI is InChI=1S/C20H28ClNO/c1-14-16(8-7-9-17(14)21)18-11-10-15(23-18)12-22-20(5,6)13-19(2,3)4/h7-11,22H,12-13H2,1-6H3/p+1. The highest BCUT2D eigenvalue weighted by Gasteiger charge is 2.28. The summed E-state index contributed by atoms with van der Waals surface area (Å²) in [6.45, 7) is 14.3. The number of furan rings is 1. The van der Waals surface area contributed by atoms with Crippen molar-refractivity contribution in [3.8, 4) is 11.3 Å². The Bertz CT molecular complexity index is 665. The van der Waals surface area contributed by atoms with Gasteiger partial charge < -0.3 is 9.73 Å². The summed E-state index contributed by atoms with van der Waals surface area (Å²) < 4.78 is 6.04. The van der Waals surface area contributed by atoms with Gasteiger partial charge >= 0.3 is 0 Å². The summed E-state index contributed by atoms with van der Waals surface area (Å²) in [6, 6.07) is 10.0. The molecule has 0 bridgehead atoms. The predicted molar refractivity (Wildman–Crippen MR) is 97.7 cm³/mol. The van der Waals surface area contributed by atoms with E-state index in [0.717, 1.165) is 40.6 Å². The van der Waals surface area contributed by atoms with Crippen LogP contribution in [0.3, 0.4) is 0 Å². The van der Waals surface area contributed by atoms with Crippen molar-refractivity contribution >= 4 is 11.6 Å². The second kappa shape index (κ2) is 6.70. The monoisotopic (exact) mass is 334 g/mol. The Balaban J connectivity index is 2.07. The van der Waals surface area contributed by atoms with Gasteiger partial charge in [-0.3, -0.25) is 0 Å². The largest absolute Gasteiger partial charge is 0.455 e. The highest BCUT2D eigenvalue weighted by molar-refractivity contribution is 6.31. The van der Waals surface area contributed by atoms with Gasteiger partial charge in [-0.05, 0) is 49.9 Å². The van der Waals surface area contributed by atoms with Crippen molar-refractivity contribution in [3.05, 3.63) is 46.7 Å². The van der Waals surface area contributed by atoms with Crippen molar-refractivity contribution in [3.63, 3.8) is 0 Å². The van der Waals surface area contributed by atoms with Crippen molar-refractivity contribution < 1.29 is 9.73 Å². The molecule has 1 heterocycles. The second-order valence-electron chi connectivity index (χ2n) is 8.31. The molecular formula is C20H29ClNO+. The fourth-order valence-electron chi connectivity index (χ4n) is 3.32. The molecule has 1 aromatic heterocycles.